The lowest BCUT2D eigenvalue weighted by Gasteiger charge is -2.35. The number of nitrogens with zero attached hydrogens (tertiary/aromatic N) is 2. The van der Waals surface area contributed by atoms with Crippen molar-refractivity contribution >= 4 is 34.6 Å². The van der Waals surface area contributed by atoms with Crippen molar-refractivity contribution in [3.05, 3.63) is 21.0 Å². The zero-order chi connectivity index (χ0) is 16.7. The predicted molar refractivity (Wildman–Crippen MR) is 88.4 cm³/mol. The molecule has 1 aliphatic heterocycles. The van der Waals surface area contributed by atoms with Crippen molar-refractivity contribution in [3.8, 4) is 0 Å². The van der Waals surface area contributed by atoms with Crippen LogP contribution in [0.25, 0.3) is 0 Å². The average molecular weight is 421 g/mol. The number of primary amides is 1. The van der Waals surface area contributed by atoms with Crippen molar-refractivity contribution < 1.29 is 19.4 Å². The van der Waals surface area contributed by atoms with Crippen molar-refractivity contribution in [2.45, 2.75) is 39.0 Å². The molecule has 2 amide bonds. The molecule has 0 aromatic carbocycles. The molecule has 2 rings (SSSR count). The number of hydrogen-bond acceptors (Lipinski definition) is 4. The minimum absolute atomic E-state index is 0.144. The third-order valence-electron chi connectivity index (χ3n) is 3.37. The van der Waals surface area contributed by atoms with E-state index in [2.05, 4.69) is 0 Å². The number of fused-ring (bicyclic) bond motifs is 1. The van der Waals surface area contributed by atoms with Crippen molar-refractivity contribution in [3.63, 3.8) is 0 Å². The minimum Gasteiger partial charge on any atom is -0.444 e. The van der Waals surface area contributed by atoms with E-state index in [0.29, 0.717) is 21.4 Å². The van der Waals surface area contributed by atoms with E-state index in [4.69, 9.17) is 10.5 Å². The molecule has 0 radical (unpaired) electrons. The van der Waals surface area contributed by atoms with Gasteiger partial charge >= 0.3 is 6.09 Å². The van der Waals surface area contributed by atoms with Gasteiger partial charge in [0.1, 0.15) is 5.60 Å². The first-order chi connectivity index (χ1) is 10.1. The third kappa shape index (κ3) is 3.37. The number of hydrogen-bond donors (Lipinski definition) is 2. The summed E-state index contributed by atoms with van der Waals surface area (Å²) in [6.07, 6.45) is 1.31. The highest BCUT2D eigenvalue weighted by Crippen LogP contribution is 2.29. The summed E-state index contributed by atoms with van der Waals surface area (Å²) in [6.45, 7) is 5.78. The standard InChI is InChI=1S/C14H20IN3O4/c1-14(2,3)22-13(21)17-4-8(7-19)18-5-9(15)11(12(16)20)10(18)6-17/h5,8,19H,4,6-7H2,1-3H3,(H2,16,20). The van der Waals surface area contributed by atoms with Crippen LogP contribution in [-0.2, 0) is 11.3 Å². The van der Waals surface area contributed by atoms with E-state index in [9.17, 15) is 14.7 Å². The van der Waals surface area contributed by atoms with E-state index in [1.165, 1.54) is 4.90 Å². The Morgan fingerprint density at radius 2 is 2.14 bits per heavy atom. The van der Waals surface area contributed by atoms with Crippen LogP contribution in [0.15, 0.2) is 6.20 Å². The molecule has 22 heavy (non-hydrogen) atoms. The Morgan fingerprint density at radius 3 is 2.64 bits per heavy atom. The fourth-order valence-electron chi connectivity index (χ4n) is 2.48. The number of aliphatic hydroxyl groups excluding tert-OH is 1. The summed E-state index contributed by atoms with van der Waals surface area (Å²) >= 11 is 2.03. The molecule has 2 heterocycles. The molecule has 0 saturated carbocycles. The SMILES string of the molecule is CC(C)(C)OC(=O)N1Cc2c(C(N)=O)c(I)cn2C(CO)C1. The molecule has 1 unspecified atom stereocenters. The van der Waals surface area contributed by atoms with E-state index in [-0.39, 0.29) is 19.2 Å². The summed E-state index contributed by atoms with van der Waals surface area (Å²) in [7, 11) is 0. The van der Waals surface area contributed by atoms with Gasteiger partial charge in [-0.15, -0.1) is 0 Å². The smallest absolute Gasteiger partial charge is 0.410 e. The molecule has 0 saturated heterocycles. The molecule has 122 valence electrons. The summed E-state index contributed by atoms with van der Waals surface area (Å²) in [5.74, 6) is -0.541. The molecule has 1 aromatic heterocycles. The van der Waals surface area contributed by atoms with Crippen molar-refractivity contribution in [2.75, 3.05) is 13.2 Å². The molecule has 8 heteroatoms. The highest BCUT2D eigenvalue weighted by atomic mass is 127. The van der Waals surface area contributed by atoms with Gasteiger partial charge in [-0.25, -0.2) is 4.79 Å². The number of halogens is 1. The van der Waals surface area contributed by atoms with Gasteiger partial charge in [-0.05, 0) is 43.4 Å². The Balaban J connectivity index is 2.35. The first-order valence-electron chi connectivity index (χ1n) is 6.92. The van der Waals surface area contributed by atoms with E-state index < -0.39 is 17.6 Å². The molecule has 1 atom stereocenters. The van der Waals surface area contributed by atoms with Crippen LogP contribution in [0, 0.1) is 3.57 Å². The monoisotopic (exact) mass is 421 g/mol. The Bertz CT molecular complexity index is 606. The number of amides is 2. The maximum atomic E-state index is 12.3. The molecule has 1 aromatic rings. The second-order valence-corrected chi connectivity index (χ2v) is 7.43. The molecule has 1 aliphatic rings. The number of ether oxygens (including phenoxy) is 1. The van der Waals surface area contributed by atoms with Gasteiger partial charge < -0.3 is 25.0 Å². The number of carbonyl (C=O) groups is 2. The zero-order valence-electron chi connectivity index (χ0n) is 12.8. The molecule has 0 spiro atoms. The third-order valence-corrected chi connectivity index (χ3v) is 4.18. The Kier molecular flexibility index (Phi) is 4.71. The van der Waals surface area contributed by atoms with Gasteiger partial charge in [0.05, 0.1) is 30.5 Å². The van der Waals surface area contributed by atoms with Gasteiger partial charge in [-0.1, -0.05) is 0 Å². The lowest BCUT2D eigenvalue weighted by Crippen LogP contribution is -2.44. The molecule has 3 N–H and O–H groups in total. The fourth-order valence-corrected chi connectivity index (χ4v) is 3.35. The summed E-state index contributed by atoms with van der Waals surface area (Å²) in [5, 5.41) is 9.59. The van der Waals surface area contributed by atoms with E-state index in [1.807, 2.05) is 27.2 Å². The van der Waals surface area contributed by atoms with Crippen LogP contribution in [0.4, 0.5) is 4.79 Å². The Hall–Kier alpha value is -1.29. The lowest BCUT2D eigenvalue weighted by atomic mass is 10.1. The summed E-state index contributed by atoms with van der Waals surface area (Å²) < 4.78 is 7.90. The Morgan fingerprint density at radius 1 is 1.50 bits per heavy atom. The van der Waals surface area contributed by atoms with Crippen LogP contribution in [0.1, 0.15) is 42.9 Å². The van der Waals surface area contributed by atoms with Crippen molar-refractivity contribution in [2.24, 2.45) is 5.73 Å². The number of carbonyl (C=O) groups excluding carboxylic acids is 2. The first-order valence-corrected chi connectivity index (χ1v) is 7.99. The zero-order valence-corrected chi connectivity index (χ0v) is 15.0. The molecule has 7 nitrogen and oxygen atoms in total. The Labute approximate surface area is 142 Å². The van der Waals surface area contributed by atoms with Crippen molar-refractivity contribution in [1.82, 2.24) is 9.47 Å². The second kappa shape index (κ2) is 6.07. The van der Waals surface area contributed by atoms with E-state index in [0.717, 1.165) is 0 Å². The fraction of sp³-hybridized carbons (Fsp3) is 0.571. The minimum atomic E-state index is -0.605. The van der Waals surface area contributed by atoms with Gasteiger partial charge in [0, 0.05) is 16.3 Å². The number of rotatable bonds is 2. The van der Waals surface area contributed by atoms with Crippen molar-refractivity contribution in [1.29, 1.82) is 0 Å². The molecular formula is C14H20IN3O4. The van der Waals surface area contributed by atoms with Gasteiger partial charge in [0.25, 0.3) is 5.91 Å². The van der Waals surface area contributed by atoms with Crippen LogP contribution in [0.5, 0.6) is 0 Å². The lowest BCUT2D eigenvalue weighted by molar-refractivity contribution is 0.0138. The van der Waals surface area contributed by atoms with Crippen LogP contribution in [0.3, 0.4) is 0 Å². The predicted octanol–water partition coefficient (Wildman–Crippen LogP) is 1.48. The summed E-state index contributed by atoms with van der Waals surface area (Å²) in [6, 6.07) is -0.321. The molecule has 0 bridgehead atoms. The molecular weight excluding hydrogens is 401 g/mol. The molecule has 0 fully saturated rings. The normalized spacial score (nSPS) is 18.0. The topological polar surface area (TPSA) is 97.8 Å². The van der Waals surface area contributed by atoms with Gasteiger partial charge in [-0.3, -0.25) is 4.79 Å². The number of aromatic nitrogens is 1. The number of aliphatic hydroxyl groups is 1. The maximum Gasteiger partial charge on any atom is 0.410 e. The second-order valence-electron chi connectivity index (χ2n) is 6.27. The number of nitrogens with two attached hydrogens (primary N) is 1. The quantitative estimate of drug-likeness (QED) is 0.707. The molecule has 0 aliphatic carbocycles. The van der Waals surface area contributed by atoms with Crippen LogP contribution < -0.4 is 5.73 Å². The van der Waals surface area contributed by atoms with Gasteiger partial charge in [-0.2, -0.15) is 0 Å². The highest BCUT2D eigenvalue weighted by molar-refractivity contribution is 14.1. The van der Waals surface area contributed by atoms with E-state index in [1.54, 1.807) is 27.0 Å². The van der Waals surface area contributed by atoms with E-state index >= 15 is 0 Å². The van der Waals surface area contributed by atoms with Crippen LogP contribution in [-0.4, -0.2) is 45.3 Å². The van der Waals surface area contributed by atoms with Crippen LogP contribution >= 0.6 is 22.6 Å². The largest absolute Gasteiger partial charge is 0.444 e. The summed E-state index contributed by atoms with van der Waals surface area (Å²) in [4.78, 5) is 25.4. The average Bonchev–Trinajstić information content (AvgIpc) is 2.71. The van der Waals surface area contributed by atoms with Gasteiger partial charge in [0.2, 0.25) is 0 Å². The van der Waals surface area contributed by atoms with Crippen LogP contribution in [0.2, 0.25) is 0 Å². The first kappa shape index (κ1) is 17.1. The van der Waals surface area contributed by atoms with Gasteiger partial charge in [0.15, 0.2) is 0 Å². The summed E-state index contributed by atoms with van der Waals surface area (Å²) in [5.41, 5.74) is 5.86. The maximum absolute atomic E-state index is 12.3. The highest BCUT2D eigenvalue weighted by Gasteiger charge is 2.33.